The fourth-order valence-electron chi connectivity index (χ4n) is 4.84. The van der Waals surface area contributed by atoms with Gasteiger partial charge in [-0.1, -0.05) is 12.8 Å². The molecule has 5 atom stereocenters. The molecular weight excluding hydrogens is 563 g/mol. The third kappa shape index (κ3) is 6.54. The van der Waals surface area contributed by atoms with Crippen LogP contribution in [0.5, 0.6) is 0 Å². The molecule has 1 aliphatic carbocycles. The van der Waals surface area contributed by atoms with Gasteiger partial charge in [-0.2, -0.15) is 4.98 Å². The number of hydrogen-bond donors (Lipinski definition) is 6. The Morgan fingerprint density at radius 1 is 1.26 bits per heavy atom. The Morgan fingerprint density at radius 2 is 1.97 bits per heavy atom. The summed E-state index contributed by atoms with van der Waals surface area (Å²) < 4.78 is 35.0. The Bertz CT molecular complexity index is 1210. The molecule has 2 fully saturated rings. The van der Waals surface area contributed by atoms with Crippen LogP contribution in [0.4, 0.5) is 5.82 Å². The molecule has 17 heteroatoms. The summed E-state index contributed by atoms with van der Waals surface area (Å²) in [5.74, 6) is -0.828. The predicted octanol–water partition coefficient (Wildman–Crippen LogP) is 0.537. The number of carbonyl (C=O) groups is 1. The molecule has 15 nitrogen and oxygen atoms in total. The standard InChI is InChI=1S/C22H32ClN4O11P/c1-35-10-22(39(32,33)34,11-36-9-16(28)29)37-8-15-17(30)18(31)19(38-15)13-6-7-14-20(24-12-4-2-3-5-12)25-21(23)26-27(13)14/h6-7,12,15,17-19,30-31H,2-5,8-11H2,1H3,(H,28,29)(H,24,25,26)(H2,32,33,34)/t15-,17-,18-,19+,22+/m1/s1. The van der Waals surface area contributed by atoms with Gasteiger partial charge >= 0.3 is 13.6 Å². The number of aliphatic hydroxyl groups excluding tert-OH is 2. The molecule has 0 spiro atoms. The Hall–Kier alpha value is -1.91. The van der Waals surface area contributed by atoms with Crippen LogP contribution in [0.2, 0.25) is 5.28 Å². The third-order valence-electron chi connectivity index (χ3n) is 6.83. The van der Waals surface area contributed by atoms with E-state index in [-0.39, 0.29) is 11.3 Å². The van der Waals surface area contributed by atoms with Crippen molar-refractivity contribution in [2.24, 2.45) is 0 Å². The maximum Gasteiger partial charge on any atom is 0.361 e. The van der Waals surface area contributed by atoms with Gasteiger partial charge in [0, 0.05) is 13.2 Å². The van der Waals surface area contributed by atoms with E-state index in [1.165, 1.54) is 11.6 Å². The van der Waals surface area contributed by atoms with E-state index in [1.54, 1.807) is 12.1 Å². The molecule has 4 rings (SSSR count). The first-order chi connectivity index (χ1) is 18.5. The molecule has 1 aliphatic heterocycles. The first-order valence-electron chi connectivity index (χ1n) is 12.3. The number of hydrogen-bond acceptors (Lipinski definition) is 11. The predicted molar refractivity (Wildman–Crippen MR) is 135 cm³/mol. The van der Waals surface area contributed by atoms with Crippen molar-refractivity contribution < 1.29 is 53.4 Å². The summed E-state index contributed by atoms with van der Waals surface area (Å²) in [5, 5.41) is 35.5. The topological polar surface area (TPSA) is 214 Å². The van der Waals surface area contributed by atoms with Crippen LogP contribution in [-0.2, 0) is 28.3 Å². The highest BCUT2D eigenvalue weighted by molar-refractivity contribution is 7.53. The Labute approximate surface area is 228 Å². The number of anilines is 1. The summed E-state index contributed by atoms with van der Waals surface area (Å²) in [7, 11) is -3.93. The number of carboxylic acid groups (broad SMARTS) is 1. The second kappa shape index (κ2) is 12.3. The first-order valence-corrected chi connectivity index (χ1v) is 14.3. The minimum atomic E-state index is -5.10. The van der Waals surface area contributed by atoms with E-state index in [0.29, 0.717) is 17.0 Å². The number of nitrogens with one attached hydrogen (secondary N) is 1. The van der Waals surface area contributed by atoms with E-state index in [4.69, 9.17) is 35.7 Å². The van der Waals surface area contributed by atoms with Crippen LogP contribution in [0.3, 0.4) is 0 Å². The number of carboxylic acids is 1. The first kappa shape index (κ1) is 30.1. The van der Waals surface area contributed by atoms with Gasteiger partial charge in [-0.3, -0.25) is 4.57 Å². The molecule has 0 unspecified atom stereocenters. The van der Waals surface area contributed by atoms with Crippen LogP contribution < -0.4 is 5.32 Å². The van der Waals surface area contributed by atoms with Crippen molar-refractivity contribution in [1.82, 2.24) is 14.6 Å². The van der Waals surface area contributed by atoms with Crippen LogP contribution in [-0.4, -0.2) is 109 Å². The zero-order valence-electron chi connectivity index (χ0n) is 21.1. The van der Waals surface area contributed by atoms with E-state index in [2.05, 4.69) is 15.4 Å². The lowest BCUT2D eigenvalue weighted by molar-refractivity contribution is -0.150. The molecule has 3 heterocycles. The van der Waals surface area contributed by atoms with E-state index in [0.717, 1.165) is 25.7 Å². The molecule has 0 aromatic carbocycles. The van der Waals surface area contributed by atoms with Crippen LogP contribution in [0.1, 0.15) is 37.5 Å². The molecule has 1 saturated carbocycles. The minimum absolute atomic E-state index is 0.0410. The number of aliphatic hydroxyl groups is 2. The number of aliphatic carboxylic acids is 1. The fourth-order valence-corrected chi connectivity index (χ4v) is 5.80. The van der Waals surface area contributed by atoms with Crippen LogP contribution in [0.25, 0.3) is 5.52 Å². The van der Waals surface area contributed by atoms with Gasteiger partial charge in [-0.05, 0) is 36.6 Å². The molecular formula is C22H32ClN4O11P. The van der Waals surface area contributed by atoms with Gasteiger partial charge in [-0.25, -0.2) is 9.31 Å². The lowest BCUT2D eigenvalue weighted by atomic mass is 10.1. The number of methoxy groups -OCH3 is 1. The average molecular weight is 595 g/mol. The normalized spacial score (nSPS) is 25.8. The number of fused-ring (bicyclic) bond motifs is 1. The average Bonchev–Trinajstić information content (AvgIpc) is 3.58. The summed E-state index contributed by atoms with van der Waals surface area (Å²) in [6.45, 7) is -2.89. The van der Waals surface area contributed by atoms with E-state index in [1.807, 2.05) is 0 Å². The van der Waals surface area contributed by atoms with Crippen molar-refractivity contribution in [2.45, 2.75) is 61.5 Å². The van der Waals surface area contributed by atoms with Crippen molar-refractivity contribution in [3.05, 3.63) is 23.1 Å². The molecule has 0 bridgehead atoms. The van der Waals surface area contributed by atoms with Gasteiger partial charge in [0.1, 0.15) is 36.5 Å². The lowest BCUT2D eigenvalue weighted by Gasteiger charge is -2.34. The van der Waals surface area contributed by atoms with Gasteiger partial charge in [0.15, 0.2) is 5.82 Å². The van der Waals surface area contributed by atoms with Crippen molar-refractivity contribution in [1.29, 1.82) is 0 Å². The minimum Gasteiger partial charge on any atom is -0.480 e. The molecule has 0 radical (unpaired) electrons. The van der Waals surface area contributed by atoms with Gasteiger partial charge in [0.2, 0.25) is 10.6 Å². The quantitative estimate of drug-likeness (QED) is 0.175. The van der Waals surface area contributed by atoms with E-state index in [9.17, 15) is 29.4 Å². The van der Waals surface area contributed by atoms with Crippen molar-refractivity contribution >= 4 is 36.5 Å². The molecule has 2 aromatic heterocycles. The summed E-state index contributed by atoms with van der Waals surface area (Å²) in [6, 6.07) is 3.62. The SMILES string of the molecule is COC[C@](COCC(=O)O)(OC[C@H]1O[C@@H](c2ccc3c(NC4CCCC4)nc(Cl)nn23)[C@H](O)[C@@H]1O)P(=O)(O)O. The lowest BCUT2D eigenvalue weighted by Crippen LogP contribution is -2.46. The smallest absolute Gasteiger partial charge is 0.361 e. The monoisotopic (exact) mass is 594 g/mol. The molecule has 39 heavy (non-hydrogen) atoms. The van der Waals surface area contributed by atoms with Crippen molar-refractivity contribution in [3.8, 4) is 0 Å². The number of halogens is 1. The highest BCUT2D eigenvalue weighted by Crippen LogP contribution is 2.52. The van der Waals surface area contributed by atoms with Gasteiger partial charge in [0.25, 0.3) is 0 Å². The molecule has 2 aliphatic rings. The maximum absolute atomic E-state index is 12.3. The summed E-state index contributed by atoms with van der Waals surface area (Å²) >= 11 is 6.18. The van der Waals surface area contributed by atoms with E-state index < -0.39 is 69.8 Å². The second-order valence-electron chi connectivity index (χ2n) is 9.61. The van der Waals surface area contributed by atoms with Crippen LogP contribution in [0, 0.1) is 0 Å². The van der Waals surface area contributed by atoms with E-state index >= 15 is 0 Å². The number of aromatic nitrogens is 3. The number of rotatable bonds is 13. The summed E-state index contributed by atoms with van der Waals surface area (Å²) in [5.41, 5.74) is 0.947. The van der Waals surface area contributed by atoms with Crippen molar-refractivity contribution in [3.63, 3.8) is 0 Å². The van der Waals surface area contributed by atoms with Gasteiger partial charge in [-0.15, -0.1) is 5.10 Å². The fraction of sp³-hybridized carbons (Fsp3) is 0.682. The molecule has 0 amide bonds. The zero-order valence-corrected chi connectivity index (χ0v) is 22.7. The Balaban J connectivity index is 1.53. The Morgan fingerprint density at radius 3 is 2.62 bits per heavy atom. The summed E-state index contributed by atoms with van der Waals surface area (Å²) in [4.78, 5) is 35.1. The Kier molecular flexibility index (Phi) is 9.49. The molecule has 2 aromatic rings. The van der Waals surface area contributed by atoms with Gasteiger partial charge in [0.05, 0.1) is 25.5 Å². The third-order valence-corrected chi connectivity index (χ3v) is 8.44. The molecule has 218 valence electrons. The van der Waals surface area contributed by atoms with Gasteiger partial charge < -0.3 is 49.4 Å². The maximum atomic E-state index is 12.3. The summed E-state index contributed by atoms with van der Waals surface area (Å²) in [6.07, 6.45) is -1.06. The number of nitrogens with zero attached hydrogens (tertiary/aromatic N) is 3. The van der Waals surface area contributed by atoms with Crippen molar-refractivity contribution in [2.75, 3.05) is 38.9 Å². The highest BCUT2D eigenvalue weighted by Gasteiger charge is 2.52. The van der Waals surface area contributed by atoms with Crippen LogP contribution >= 0.6 is 19.2 Å². The zero-order chi connectivity index (χ0) is 28.4. The second-order valence-corrected chi connectivity index (χ2v) is 11.8. The largest absolute Gasteiger partial charge is 0.480 e. The molecule has 6 N–H and O–H groups in total. The number of ether oxygens (including phenoxy) is 4. The highest BCUT2D eigenvalue weighted by atomic mass is 35.5. The molecule has 1 saturated heterocycles. The van der Waals surface area contributed by atoms with Crippen LogP contribution in [0.15, 0.2) is 12.1 Å².